The number of amides is 1. The maximum absolute atomic E-state index is 12.1. The highest BCUT2D eigenvalue weighted by Crippen LogP contribution is 2.32. The summed E-state index contributed by atoms with van der Waals surface area (Å²) >= 11 is 0. The van der Waals surface area contributed by atoms with Gasteiger partial charge in [0.1, 0.15) is 23.9 Å². The number of anilines is 1. The number of nitrogens with one attached hydrogen (secondary N) is 1. The molecule has 3 aromatic rings. The summed E-state index contributed by atoms with van der Waals surface area (Å²) in [5, 5.41) is 11.8. The lowest BCUT2D eigenvalue weighted by molar-refractivity contribution is 0.0996. The molecule has 0 fully saturated rings. The highest BCUT2D eigenvalue weighted by atomic mass is 16.5. The van der Waals surface area contributed by atoms with E-state index in [0.29, 0.717) is 23.0 Å². The first-order valence-corrected chi connectivity index (χ1v) is 6.94. The van der Waals surface area contributed by atoms with Crippen LogP contribution in [-0.2, 0) is 6.61 Å². The molecule has 2 aromatic heterocycles. The van der Waals surface area contributed by atoms with E-state index >= 15 is 0 Å². The van der Waals surface area contributed by atoms with Gasteiger partial charge in [0.25, 0.3) is 5.91 Å². The molecule has 0 aliphatic rings. The molecular weight excluding hydrogens is 298 g/mol. The van der Waals surface area contributed by atoms with Crippen molar-refractivity contribution in [1.82, 2.24) is 0 Å². The van der Waals surface area contributed by atoms with E-state index in [4.69, 9.17) is 18.7 Å². The van der Waals surface area contributed by atoms with Crippen molar-refractivity contribution in [3.8, 4) is 17.1 Å². The Morgan fingerprint density at radius 2 is 2.13 bits per heavy atom. The first-order chi connectivity index (χ1) is 11.2. The Labute approximate surface area is 132 Å². The maximum Gasteiger partial charge on any atom is 0.291 e. The van der Waals surface area contributed by atoms with Crippen LogP contribution in [0.5, 0.6) is 5.75 Å². The first kappa shape index (κ1) is 14.9. The lowest BCUT2D eigenvalue weighted by Gasteiger charge is -2.10. The third-order valence-corrected chi connectivity index (χ3v) is 3.29. The van der Waals surface area contributed by atoms with Crippen LogP contribution in [-0.4, -0.2) is 18.1 Å². The Bertz CT molecular complexity index is 804. The van der Waals surface area contributed by atoms with Crippen molar-refractivity contribution < 1.29 is 23.5 Å². The lowest BCUT2D eigenvalue weighted by atomic mass is 10.1. The molecule has 118 valence electrons. The minimum absolute atomic E-state index is 0.168. The zero-order valence-electron chi connectivity index (χ0n) is 12.4. The average Bonchev–Trinajstić information content (AvgIpc) is 3.26. The Kier molecular flexibility index (Phi) is 4.16. The van der Waals surface area contributed by atoms with Crippen LogP contribution in [0.1, 0.15) is 16.3 Å². The van der Waals surface area contributed by atoms with Crippen molar-refractivity contribution in [2.24, 2.45) is 0 Å². The molecular formula is C17H15NO5. The summed E-state index contributed by atoms with van der Waals surface area (Å²) in [5.41, 5.74) is 1.24. The predicted octanol–water partition coefficient (Wildman–Crippen LogP) is 3.29. The molecule has 1 aromatic carbocycles. The van der Waals surface area contributed by atoms with Gasteiger partial charge in [-0.1, -0.05) is 0 Å². The van der Waals surface area contributed by atoms with E-state index in [1.165, 1.54) is 13.4 Å². The van der Waals surface area contributed by atoms with Crippen molar-refractivity contribution in [3.63, 3.8) is 0 Å². The van der Waals surface area contributed by atoms with Crippen LogP contribution in [0.4, 0.5) is 5.69 Å². The number of hydrogen-bond acceptors (Lipinski definition) is 5. The third-order valence-electron chi connectivity index (χ3n) is 3.29. The van der Waals surface area contributed by atoms with Gasteiger partial charge in [0.2, 0.25) is 0 Å². The number of methoxy groups -OCH3 is 1. The normalized spacial score (nSPS) is 10.5. The molecule has 0 bridgehead atoms. The largest absolute Gasteiger partial charge is 0.495 e. The van der Waals surface area contributed by atoms with E-state index in [1.54, 1.807) is 42.5 Å². The summed E-state index contributed by atoms with van der Waals surface area (Å²) in [7, 11) is 1.52. The fourth-order valence-corrected chi connectivity index (χ4v) is 2.17. The first-order valence-electron chi connectivity index (χ1n) is 6.94. The Hall–Kier alpha value is -2.99. The van der Waals surface area contributed by atoms with Crippen molar-refractivity contribution in [2.75, 3.05) is 12.4 Å². The van der Waals surface area contributed by atoms with Gasteiger partial charge >= 0.3 is 0 Å². The van der Waals surface area contributed by atoms with E-state index in [-0.39, 0.29) is 18.3 Å². The monoisotopic (exact) mass is 313 g/mol. The molecule has 0 aliphatic heterocycles. The summed E-state index contributed by atoms with van der Waals surface area (Å²) in [6, 6.07) is 11.9. The second-order valence-electron chi connectivity index (χ2n) is 4.77. The summed E-state index contributed by atoms with van der Waals surface area (Å²) in [5.74, 6) is 1.41. The fourth-order valence-electron chi connectivity index (χ4n) is 2.17. The van der Waals surface area contributed by atoms with Crippen LogP contribution in [0.2, 0.25) is 0 Å². The molecule has 0 saturated heterocycles. The molecule has 0 saturated carbocycles. The Morgan fingerprint density at radius 3 is 2.78 bits per heavy atom. The van der Waals surface area contributed by atoms with E-state index in [9.17, 15) is 4.79 Å². The highest BCUT2D eigenvalue weighted by molar-refractivity contribution is 6.03. The molecule has 0 aliphatic carbocycles. The van der Waals surface area contributed by atoms with Gasteiger partial charge in [-0.2, -0.15) is 0 Å². The SMILES string of the molecule is COc1ccc(-c2ccc(CO)o2)cc1NC(=O)c1ccco1. The Balaban J connectivity index is 1.91. The van der Waals surface area contributed by atoms with Gasteiger partial charge < -0.3 is 24.0 Å². The number of ether oxygens (including phenoxy) is 1. The maximum atomic E-state index is 12.1. The molecule has 2 N–H and O–H groups in total. The third kappa shape index (κ3) is 3.12. The van der Waals surface area contributed by atoms with Crippen LogP contribution >= 0.6 is 0 Å². The van der Waals surface area contributed by atoms with E-state index in [2.05, 4.69) is 5.32 Å². The van der Waals surface area contributed by atoms with Crippen LogP contribution < -0.4 is 10.1 Å². The lowest BCUT2D eigenvalue weighted by Crippen LogP contribution is -2.11. The summed E-state index contributed by atoms with van der Waals surface area (Å²) in [6.45, 7) is -0.168. The summed E-state index contributed by atoms with van der Waals surface area (Å²) < 4.78 is 15.8. The summed E-state index contributed by atoms with van der Waals surface area (Å²) in [4.78, 5) is 12.1. The van der Waals surface area contributed by atoms with E-state index in [1.807, 2.05) is 0 Å². The van der Waals surface area contributed by atoms with Gasteiger partial charge in [-0.05, 0) is 42.5 Å². The fraction of sp³-hybridized carbons (Fsp3) is 0.118. The van der Waals surface area contributed by atoms with Crippen molar-refractivity contribution in [3.05, 3.63) is 60.2 Å². The minimum Gasteiger partial charge on any atom is -0.495 e. The topological polar surface area (TPSA) is 84.8 Å². The van der Waals surface area contributed by atoms with Gasteiger partial charge in [-0.3, -0.25) is 4.79 Å². The number of carbonyl (C=O) groups is 1. The van der Waals surface area contributed by atoms with Gasteiger partial charge in [0, 0.05) is 5.56 Å². The van der Waals surface area contributed by atoms with Crippen LogP contribution in [0.25, 0.3) is 11.3 Å². The predicted molar refractivity (Wildman–Crippen MR) is 83.3 cm³/mol. The second-order valence-corrected chi connectivity index (χ2v) is 4.77. The van der Waals surface area contributed by atoms with E-state index in [0.717, 1.165) is 5.56 Å². The van der Waals surface area contributed by atoms with Crippen LogP contribution in [0.15, 0.2) is 57.6 Å². The number of furan rings is 2. The standard InChI is InChI=1S/C17H15NO5/c1-21-15-6-4-11(14-7-5-12(10-19)23-14)9-13(15)18-17(20)16-3-2-8-22-16/h2-9,19H,10H2,1H3,(H,18,20). The number of carbonyl (C=O) groups excluding carboxylic acids is 1. The Morgan fingerprint density at radius 1 is 1.26 bits per heavy atom. The van der Waals surface area contributed by atoms with Gasteiger partial charge in [0.15, 0.2) is 5.76 Å². The molecule has 2 heterocycles. The molecule has 6 heteroatoms. The van der Waals surface area contributed by atoms with Gasteiger partial charge in [-0.15, -0.1) is 0 Å². The second kappa shape index (κ2) is 6.41. The van der Waals surface area contributed by atoms with Crippen molar-refractivity contribution in [2.45, 2.75) is 6.61 Å². The molecule has 1 amide bonds. The number of aliphatic hydroxyl groups is 1. The molecule has 0 radical (unpaired) electrons. The zero-order valence-corrected chi connectivity index (χ0v) is 12.4. The average molecular weight is 313 g/mol. The van der Waals surface area contributed by atoms with Crippen molar-refractivity contribution >= 4 is 11.6 Å². The van der Waals surface area contributed by atoms with Crippen LogP contribution in [0.3, 0.4) is 0 Å². The molecule has 6 nitrogen and oxygen atoms in total. The van der Waals surface area contributed by atoms with Gasteiger partial charge in [-0.25, -0.2) is 0 Å². The quantitative estimate of drug-likeness (QED) is 0.755. The zero-order chi connectivity index (χ0) is 16.2. The number of benzene rings is 1. The number of aliphatic hydroxyl groups excluding tert-OH is 1. The van der Waals surface area contributed by atoms with Crippen LogP contribution in [0, 0.1) is 0 Å². The summed E-state index contributed by atoms with van der Waals surface area (Å²) in [6.07, 6.45) is 1.43. The smallest absolute Gasteiger partial charge is 0.291 e. The minimum atomic E-state index is -0.374. The molecule has 3 rings (SSSR count). The molecule has 0 spiro atoms. The number of rotatable bonds is 5. The molecule has 0 atom stereocenters. The van der Waals surface area contributed by atoms with E-state index < -0.39 is 0 Å². The van der Waals surface area contributed by atoms with Crippen molar-refractivity contribution in [1.29, 1.82) is 0 Å². The molecule has 23 heavy (non-hydrogen) atoms. The molecule has 0 unspecified atom stereocenters. The van der Waals surface area contributed by atoms with Gasteiger partial charge in [0.05, 0.1) is 19.1 Å². The number of hydrogen-bond donors (Lipinski definition) is 2. The highest BCUT2D eigenvalue weighted by Gasteiger charge is 2.14.